The molecule has 0 spiro atoms. The van der Waals surface area contributed by atoms with Crippen molar-refractivity contribution >= 4 is 17.6 Å². The number of nitrogens with one attached hydrogen (secondary N) is 1. The van der Waals surface area contributed by atoms with Gasteiger partial charge in [-0.3, -0.25) is 14.3 Å². The maximum Gasteiger partial charge on any atom is 0.417 e. The van der Waals surface area contributed by atoms with Gasteiger partial charge >= 0.3 is 12.1 Å². The van der Waals surface area contributed by atoms with E-state index in [4.69, 9.17) is 4.74 Å². The summed E-state index contributed by atoms with van der Waals surface area (Å²) in [5.41, 5.74) is -1.66. The molecule has 2 N–H and O–H groups in total. The van der Waals surface area contributed by atoms with E-state index in [-0.39, 0.29) is 48.6 Å². The number of ether oxygens (including phenoxy) is 1. The molecule has 4 aromatic rings. The van der Waals surface area contributed by atoms with Gasteiger partial charge in [0.1, 0.15) is 18.1 Å². The highest BCUT2D eigenvalue weighted by molar-refractivity contribution is 6.07. The number of carbonyl (C=O) groups excluding carboxylic acids is 2. The zero-order chi connectivity index (χ0) is 29.0. The summed E-state index contributed by atoms with van der Waals surface area (Å²) in [7, 11) is 1.51. The van der Waals surface area contributed by atoms with E-state index in [9.17, 15) is 32.3 Å². The topological polar surface area (TPSA) is 119 Å². The molecular formula is C27H23F4N5O4. The average molecular weight is 558 g/mol. The van der Waals surface area contributed by atoms with E-state index in [0.29, 0.717) is 11.1 Å². The van der Waals surface area contributed by atoms with Crippen LogP contribution >= 0.6 is 0 Å². The number of nitrogens with zero attached hydrogens (tertiary/aromatic N) is 4. The van der Waals surface area contributed by atoms with Gasteiger partial charge in [0.2, 0.25) is 0 Å². The number of esters is 1. The molecule has 4 rings (SSSR count). The number of benzene rings is 2. The first-order valence-electron chi connectivity index (χ1n) is 11.9. The molecule has 2 heterocycles. The lowest BCUT2D eigenvalue weighted by molar-refractivity contribution is -0.142. The van der Waals surface area contributed by atoms with Gasteiger partial charge in [-0.05, 0) is 30.7 Å². The largest absolute Gasteiger partial charge is 0.466 e. The zero-order valence-corrected chi connectivity index (χ0v) is 21.3. The molecule has 0 bridgehead atoms. The Morgan fingerprint density at radius 2 is 1.88 bits per heavy atom. The standard InChI is InChI=1S/C27H23F4N5O4/c1-3-40-24(38)12-23-32-13-22(25(34-23)16-7-5-4-6-15(16)14-37)33-26(39)18-10-17(21-8-9-36(2)35-21)19(11-20(18)28)27(29,30)31/h4-11,13,37H,3,12,14H2,1-2H3,(H,33,39). The molecule has 0 unspecified atom stereocenters. The molecule has 0 atom stereocenters. The third-order valence-corrected chi connectivity index (χ3v) is 5.78. The number of anilines is 1. The Bertz CT molecular complexity index is 1570. The van der Waals surface area contributed by atoms with Crippen LogP contribution in [0.3, 0.4) is 0 Å². The Morgan fingerprint density at radius 1 is 1.12 bits per heavy atom. The van der Waals surface area contributed by atoms with Gasteiger partial charge in [0.25, 0.3) is 5.91 Å². The monoisotopic (exact) mass is 557 g/mol. The third-order valence-electron chi connectivity index (χ3n) is 5.78. The summed E-state index contributed by atoms with van der Waals surface area (Å²) in [4.78, 5) is 33.7. The van der Waals surface area contributed by atoms with Gasteiger partial charge < -0.3 is 15.2 Å². The Balaban J connectivity index is 1.78. The number of amides is 1. The van der Waals surface area contributed by atoms with E-state index >= 15 is 0 Å². The van der Waals surface area contributed by atoms with Crippen molar-refractivity contribution in [2.45, 2.75) is 26.1 Å². The van der Waals surface area contributed by atoms with Crippen LogP contribution < -0.4 is 5.32 Å². The molecule has 13 heteroatoms. The smallest absolute Gasteiger partial charge is 0.417 e. The second kappa shape index (κ2) is 11.6. The van der Waals surface area contributed by atoms with Crippen LogP contribution in [-0.4, -0.2) is 43.3 Å². The Hall–Kier alpha value is -4.65. The van der Waals surface area contributed by atoms with Crippen LogP contribution in [-0.2, 0) is 35.8 Å². The van der Waals surface area contributed by atoms with Crippen LogP contribution in [0.2, 0.25) is 0 Å². The molecule has 0 fully saturated rings. The molecule has 0 aliphatic rings. The number of hydrogen-bond acceptors (Lipinski definition) is 7. The lowest BCUT2D eigenvalue weighted by Gasteiger charge is -2.16. The summed E-state index contributed by atoms with van der Waals surface area (Å²) in [6, 6.07) is 8.89. The number of halogens is 4. The number of alkyl halides is 3. The molecule has 9 nitrogen and oxygen atoms in total. The number of aromatic nitrogens is 4. The van der Waals surface area contributed by atoms with Gasteiger partial charge in [-0.25, -0.2) is 14.4 Å². The van der Waals surface area contributed by atoms with Crippen molar-refractivity contribution in [3.05, 3.63) is 83.2 Å². The molecule has 1 amide bonds. The third kappa shape index (κ3) is 6.15. The van der Waals surface area contributed by atoms with Crippen molar-refractivity contribution in [2.75, 3.05) is 11.9 Å². The fraction of sp³-hybridized carbons (Fsp3) is 0.222. The summed E-state index contributed by atoms with van der Waals surface area (Å²) in [5, 5.41) is 16.3. The average Bonchev–Trinajstić information content (AvgIpc) is 3.34. The van der Waals surface area contributed by atoms with E-state index in [0.717, 1.165) is 6.07 Å². The van der Waals surface area contributed by atoms with E-state index in [1.165, 1.54) is 30.2 Å². The summed E-state index contributed by atoms with van der Waals surface area (Å²) < 4.78 is 62.3. The second-order valence-corrected chi connectivity index (χ2v) is 8.55. The minimum Gasteiger partial charge on any atom is -0.466 e. The number of aryl methyl sites for hydroxylation is 1. The second-order valence-electron chi connectivity index (χ2n) is 8.55. The molecule has 0 saturated carbocycles. The molecule has 0 radical (unpaired) electrons. The van der Waals surface area contributed by atoms with Gasteiger partial charge in [-0.2, -0.15) is 18.3 Å². The van der Waals surface area contributed by atoms with Crippen LogP contribution in [0.4, 0.5) is 23.2 Å². The van der Waals surface area contributed by atoms with Gasteiger partial charge in [-0.15, -0.1) is 0 Å². The number of aliphatic hydroxyl groups excluding tert-OH is 1. The van der Waals surface area contributed by atoms with E-state index in [1.54, 1.807) is 31.2 Å². The molecular weight excluding hydrogens is 534 g/mol. The fourth-order valence-electron chi connectivity index (χ4n) is 3.97. The van der Waals surface area contributed by atoms with Gasteiger partial charge in [0.05, 0.1) is 47.6 Å². The predicted octanol–water partition coefficient (Wildman–Crippen LogP) is 4.55. The Morgan fingerprint density at radius 3 is 2.52 bits per heavy atom. The van der Waals surface area contributed by atoms with Crippen molar-refractivity contribution < 1.29 is 37.0 Å². The molecule has 2 aromatic carbocycles. The molecule has 0 aliphatic heterocycles. The summed E-state index contributed by atoms with van der Waals surface area (Å²) >= 11 is 0. The molecule has 0 aliphatic carbocycles. The summed E-state index contributed by atoms with van der Waals surface area (Å²) in [6.07, 6.45) is -2.59. The van der Waals surface area contributed by atoms with Crippen LogP contribution in [0.25, 0.3) is 22.5 Å². The van der Waals surface area contributed by atoms with Crippen molar-refractivity contribution in [2.24, 2.45) is 7.05 Å². The first-order chi connectivity index (χ1) is 19.0. The molecule has 208 valence electrons. The first kappa shape index (κ1) is 28.4. The summed E-state index contributed by atoms with van der Waals surface area (Å²) in [5.74, 6) is -3.01. The lowest BCUT2D eigenvalue weighted by Crippen LogP contribution is -2.18. The van der Waals surface area contributed by atoms with Crippen LogP contribution in [0.15, 0.2) is 54.9 Å². The highest BCUT2D eigenvalue weighted by Gasteiger charge is 2.36. The Labute approximate surface area is 225 Å². The number of rotatable bonds is 8. The molecule has 2 aromatic heterocycles. The highest BCUT2D eigenvalue weighted by Crippen LogP contribution is 2.38. The SMILES string of the molecule is CCOC(=O)Cc1ncc(NC(=O)c2cc(-c3ccn(C)n3)c(C(F)(F)F)cc2F)c(-c2ccccc2CO)n1. The zero-order valence-electron chi connectivity index (χ0n) is 21.3. The number of carbonyl (C=O) groups is 2. The minimum atomic E-state index is -4.91. The normalized spacial score (nSPS) is 11.4. The summed E-state index contributed by atoms with van der Waals surface area (Å²) in [6.45, 7) is 1.40. The molecule has 0 saturated heterocycles. The number of aliphatic hydroxyl groups is 1. The van der Waals surface area contributed by atoms with Crippen molar-refractivity contribution in [1.29, 1.82) is 0 Å². The van der Waals surface area contributed by atoms with E-state index < -0.39 is 40.6 Å². The first-order valence-corrected chi connectivity index (χ1v) is 11.9. The number of hydrogen-bond donors (Lipinski definition) is 2. The van der Waals surface area contributed by atoms with Gasteiger partial charge in [-0.1, -0.05) is 24.3 Å². The van der Waals surface area contributed by atoms with Gasteiger partial charge in [0, 0.05) is 24.4 Å². The Kier molecular flexibility index (Phi) is 8.24. The fourth-order valence-corrected chi connectivity index (χ4v) is 3.97. The molecule has 40 heavy (non-hydrogen) atoms. The maximum atomic E-state index is 15.0. The quantitative estimate of drug-likeness (QED) is 0.241. The van der Waals surface area contributed by atoms with E-state index in [1.807, 2.05) is 0 Å². The van der Waals surface area contributed by atoms with Crippen LogP contribution in [0.5, 0.6) is 0 Å². The lowest BCUT2D eigenvalue weighted by atomic mass is 9.99. The van der Waals surface area contributed by atoms with Gasteiger partial charge in [0.15, 0.2) is 0 Å². The predicted molar refractivity (Wildman–Crippen MR) is 135 cm³/mol. The van der Waals surface area contributed by atoms with Crippen LogP contribution in [0.1, 0.15) is 34.2 Å². The maximum absolute atomic E-state index is 15.0. The van der Waals surface area contributed by atoms with Crippen molar-refractivity contribution in [3.63, 3.8) is 0 Å². The van der Waals surface area contributed by atoms with Crippen molar-refractivity contribution in [1.82, 2.24) is 19.7 Å². The highest BCUT2D eigenvalue weighted by atomic mass is 19.4. The van der Waals surface area contributed by atoms with E-state index in [2.05, 4.69) is 20.4 Å². The minimum absolute atomic E-state index is 0.0304. The van der Waals surface area contributed by atoms with Crippen molar-refractivity contribution in [3.8, 4) is 22.5 Å². The van der Waals surface area contributed by atoms with Crippen LogP contribution in [0, 0.1) is 5.82 Å².